The van der Waals surface area contributed by atoms with E-state index in [2.05, 4.69) is 31.9 Å². The molecule has 0 aliphatic heterocycles. The summed E-state index contributed by atoms with van der Waals surface area (Å²) in [6, 6.07) is 0.717. The number of halogens is 5. The Kier molecular flexibility index (Phi) is 3.71. The van der Waals surface area contributed by atoms with Crippen LogP contribution in [0.1, 0.15) is 10.4 Å². The molecule has 0 saturated heterocycles. The Bertz CT molecular complexity index is 393. The molecule has 0 atom stereocenters. The van der Waals surface area contributed by atoms with Gasteiger partial charge in [0.1, 0.15) is 0 Å². The molecule has 0 bridgehead atoms. The summed E-state index contributed by atoms with van der Waals surface area (Å²) in [5.41, 5.74) is -0.485. The molecule has 76 valence electrons. The third-order valence-corrected chi connectivity index (χ3v) is 2.65. The summed E-state index contributed by atoms with van der Waals surface area (Å²) < 4.78 is 38.3. The Morgan fingerprint density at radius 3 is 2.36 bits per heavy atom. The molecule has 0 aliphatic carbocycles. The molecule has 1 aromatic carbocycles. The van der Waals surface area contributed by atoms with Crippen LogP contribution in [0.2, 0.25) is 0 Å². The molecule has 0 N–H and O–H groups in total. The lowest BCUT2D eigenvalue weighted by atomic mass is 10.1. The van der Waals surface area contributed by atoms with Crippen molar-refractivity contribution >= 4 is 37.6 Å². The second kappa shape index (κ2) is 4.44. The highest BCUT2D eigenvalue weighted by atomic mass is 79.9. The van der Waals surface area contributed by atoms with Crippen molar-refractivity contribution in [3.63, 3.8) is 0 Å². The van der Waals surface area contributed by atoms with Gasteiger partial charge in [-0.15, -0.1) is 0 Å². The fourth-order valence-corrected chi connectivity index (χ4v) is 1.77. The first-order valence-electron chi connectivity index (χ1n) is 3.41. The molecule has 0 spiro atoms. The Balaban J connectivity index is 3.44. The van der Waals surface area contributed by atoms with E-state index < -0.39 is 28.8 Å². The fraction of sp³-hybridized carbons (Fsp3) is 0.125. The summed E-state index contributed by atoms with van der Waals surface area (Å²) in [6.07, 6.45) is 0. The predicted molar refractivity (Wildman–Crippen MR) is 52.1 cm³/mol. The number of rotatable bonds is 2. The third-order valence-electron chi connectivity index (χ3n) is 1.51. The maximum atomic E-state index is 13.1. The molecule has 14 heavy (non-hydrogen) atoms. The van der Waals surface area contributed by atoms with Crippen molar-refractivity contribution in [3.8, 4) is 0 Å². The number of hydrogen-bond donors (Lipinski definition) is 0. The first-order valence-corrected chi connectivity index (χ1v) is 5.32. The Morgan fingerprint density at radius 2 is 1.86 bits per heavy atom. The van der Waals surface area contributed by atoms with Gasteiger partial charge < -0.3 is 0 Å². The molecule has 0 radical (unpaired) electrons. The lowest BCUT2D eigenvalue weighted by Crippen LogP contribution is -2.08. The molecule has 0 heterocycles. The van der Waals surface area contributed by atoms with E-state index in [0.717, 1.165) is 0 Å². The first-order chi connectivity index (χ1) is 6.49. The van der Waals surface area contributed by atoms with Crippen molar-refractivity contribution in [2.45, 2.75) is 0 Å². The van der Waals surface area contributed by atoms with Gasteiger partial charge in [-0.05, 0) is 22.0 Å². The SMILES string of the molecule is O=C(CBr)c1c(Br)cc(F)c(F)c1F. The second-order valence-electron chi connectivity index (χ2n) is 2.40. The maximum absolute atomic E-state index is 13.1. The van der Waals surface area contributed by atoms with Crippen LogP contribution in [-0.4, -0.2) is 11.1 Å². The van der Waals surface area contributed by atoms with Gasteiger partial charge in [0, 0.05) is 4.47 Å². The van der Waals surface area contributed by atoms with Crippen LogP contribution in [0, 0.1) is 17.5 Å². The van der Waals surface area contributed by atoms with E-state index in [1.807, 2.05) is 0 Å². The van der Waals surface area contributed by atoms with E-state index in [4.69, 9.17) is 0 Å². The normalized spacial score (nSPS) is 10.4. The fourth-order valence-electron chi connectivity index (χ4n) is 0.889. The van der Waals surface area contributed by atoms with Crippen molar-refractivity contribution in [1.29, 1.82) is 0 Å². The molecule has 1 nitrogen and oxygen atoms in total. The van der Waals surface area contributed by atoms with Crippen LogP contribution in [0.3, 0.4) is 0 Å². The summed E-state index contributed by atoms with van der Waals surface area (Å²) >= 11 is 5.59. The van der Waals surface area contributed by atoms with Gasteiger partial charge >= 0.3 is 0 Å². The average Bonchev–Trinajstić information content (AvgIpc) is 2.14. The Hall–Kier alpha value is -0.360. The van der Waals surface area contributed by atoms with E-state index in [-0.39, 0.29) is 9.80 Å². The van der Waals surface area contributed by atoms with Gasteiger partial charge in [-0.2, -0.15) is 0 Å². The van der Waals surface area contributed by atoms with Crippen molar-refractivity contribution in [2.24, 2.45) is 0 Å². The Labute approximate surface area is 94.6 Å². The number of carbonyl (C=O) groups excluding carboxylic acids is 1. The van der Waals surface area contributed by atoms with E-state index in [9.17, 15) is 18.0 Å². The summed E-state index contributed by atoms with van der Waals surface area (Å²) in [4.78, 5) is 11.1. The number of ketones is 1. The largest absolute Gasteiger partial charge is 0.293 e. The first kappa shape index (κ1) is 11.7. The highest BCUT2D eigenvalue weighted by Gasteiger charge is 2.21. The van der Waals surface area contributed by atoms with E-state index >= 15 is 0 Å². The molecule has 0 unspecified atom stereocenters. The van der Waals surface area contributed by atoms with Crippen LogP contribution in [0.25, 0.3) is 0 Å². The van der Waals surface area contributed by atoms with Gasteiger partial charge in [0.15, 0.2) is 23.2 Å². The van der Waals surface area contributed by atoms with Gasteiger partial charge in [-0.3, -0.25) is 4.79 Å². The van der Waals surface area contributed by atoms with Gasteiger partial charge in [-0.25, -0.2) is 13.2 Å². The molecule has 0 fully saturated rings. The average molecular weight is 332 g/mol. The molecule has 1 aromatic rings. The van der Waals surface area contributed by atoms with Crippen LogP contribution >= 0.6 is 31.9 Å². The standard InChI is InChI=1S/C8H3Br2F3O/c9-2-5(14)6-3(10)1-4(11)7(12)8(6)13/h1H,2H2. The predicted octanol–water partition coefficient (Wildman–Crippen LogP) is 3.44. The third kappa shape index (κ3) is 2.00. The summed E-state index contributed by atoms with van der Waals surface area (Å²) in [5.74, 6) is -5.10. The number of Topliss-reactive ketones (excluding diaryl/α,β-unsaturated/α-hetero) is 1. The smallest absolute Gasteiger partial charge is 0.195 e. The second-order valence-corrected chi connectivity index (χ2v) is 3.82. The zero-order valence-electron chi connectivity index (χ0n) is 6.58. The molecule has 0 aliphatic rings. The molecule has 1 rings (SSSR count). The number of hydrogen-bond acceptors (Lipinski definition) is 1. The van der Waals surface area contributed by atoms with E-state index in [0.29, 0.717) is 6.07 Å². The number of benzene rings is 1. The van der Waals surface area contributed by atoms with E-state index in [1.165, 1.54) is 0 Å². The van der Waals surface area contributed by atoms with Crippen molar-refractivity contribution in [3.05, 3.63) is 33.6 Å². The van der Waals surface area contributed by atoms with Crippen LogP contribution < -0.4 is 0 Å². The number of alkyl halides is 1. The number of carbonyl (C=O) groups is 1. The quantitative estimate of drug-likeness (QED) is 0.351. The molecule has 0 saturated carbocycles. The van der Waals surface area contributed by atoms with Gasteiger partial charge in [0.25, 0.3) is 0 Å². The summed E-state index contributed by atoms with van der Waals surface area (Å²) in [6.45, 7) is 0. The lowest BCUT2D eigenvalue weighted by Gasteiger charge is -2.04. The zero-order chi connectivity index (χ0) is 10.9. The maximum Gasteiger partial charge on any atom is 0.195 e. The summed E-state index contributed by atoms with van der Waals surface area (Å²) in [5, 5.41) is -0.159. The van der Waals surface area contributed by atoms with Crippen molar-refractivity contribution in [2.75, 3.05) is 5.33 Å². The Morgan fingerprint density at radius 1 is 1.29 bits per heavy atom. The highest BCUT2D eigenvalue weighted by molar-refractivity contribution is 9.10. The van der Waals surface area contributed by atoms with Crippen LogP contribution in [0.4, 0.5) is 13.2 Å². The molecule has 0 aromatic heterocycles. The van der Waals surface area contributed by atoms with Gasteiger partial charge in [0.2, 0.25) is 0 Å². The minimum atomic E-state index is -1.64. The topological polar surface area (TPSA) is 17.1 Å². The van der Waals surface area contributed by atoms with Crippen LogP contribution in [-0.2, 0) is 0 Å². The highest BCUT2D eigenvalue weighted by Crippen LogP contribution is 2.25. The minimum Gasteiger partial charge on any atom is -0.293 e. The van der Waals surface area contributed by atoms with Gasteiger partial charge in [0.05, 0.1) is 10.9 Å². The zero-order valence-corrected chi connectivity index (χ0v) is 9.75. The van der Waals surface area contributed by atoms with E-state index in [1.54, 1.807) is 0 Å². The minimum absolute atomic E-state index is 0.0987. The van der Waals surface area contributed by atoms with Gasteiger partial charge in [-0.1, -0.05) is 15.9 Å². The van der Waals surface area contributed by atoms with Crippen molar-refractivity contribution in [1.82, 2.24) is 0 Å². The van der Waals surface area contributed by atoms with Crippen LogP contribution in [0.5, 0.6) is 0 Å². The molecule has 6 heteroatoms. The summed E-state index contributed by atoms with van der Waals surface area (Å²) in [7, 11) is 0. The molecular formula is C8H3Br2F3O. The van der Waals surface area contributed by atoms with Crippen LogP contribution in [0.15, 0.2) is 10.5 Å². The molecule has 0 amide bonds. The van der Waals surface area contributed by atoms with Crippen molar-refractivity contribution < 1.29 is 18.0 Å². The molecular weight excluding hydrogens is 329 g/mol. The lowest BCUT2D eigenvalue weighted by molar-refractivity contribution is 0.101. The monoisotopic (exact) mass is 330 g/mol.